The van der Waals surface area contributed by atoms with Crippen molar-refractivity contribution in [2.24, 2.45) is 16.3 Å². The summed E-state index contributed by atoms with van der Waals surface area (Å²) in [4.78, 5) is 0. The van der Waals surface area contributed by atoms with Crippen LogP contribution >= 0.6 is 15.9 Å². The molecule has 0 saturated heterocycles. The molecule has 0 fully saturated rings. The summed E-state index contributed by atoms with van der Waals surface area (Å²) in [5, 5.41) is 15.1. The summed E-state index contributed by atoms with van der Waals surface area (Å²) in [5.41, 5.74) is 6.46. The maximum atomic E-state index is 8.68. The third kappa shape index (κ3) is 4.56. The normalized spacial score (nSPS) is 12.5. The van der Waals surface area contributed by atoms with Crippen molar-refractivity contribution in [3.8, 4) is 0 Å². The van der Waals surface area contributed by atoms with E-state index in [0.717, 1.165) is 29.5 Å². The van der Waals surface area contributed by atoms with E-state index in [1.165, 1.54) is 0 Å². The molecule has 0 heterocycles. The molecule has 1 aromatic rings. The van der Waals surface area contributed by atoms with Gasteiger partial charge in [-0.15, -0.1) is 0 Å². The van der Waals surface area contributed by atoms with E-state index in [2.05, 4.69) is 26.4 Å². The van der Waals surface area contributed by atoms with Crippen LogP contribution in [-0.2, 0) is 0 Å². The number of halogens is 1. The highest BCUT2D eigenvalue weighted by Crippen LogP contribution is 2.22. The van der Waals surface area contributed by atoms with E-state index in [4.69, 9.17) is 10.9 Å². The highest BCUT2D eigenvalue weighted by molar-refractivity contribution is 9.10. The highest BCUT2D eigenvalue weighted by atomic mass is 79.9. The molecule has 100 valence electrons. The van der Waals surface area contributed by atoms with Gasteiger partial charge in [0.15, 0.2) is 0 Å². The van der Waals surface area contributed by atoms with Gasteiger partial charge in [-0.1, -0.05) is 41.0 Å². The smallest absolute Gasteiger partial charge is 0.144 e. The molecule has 18 heavy (non-hydrogen) atoms. The predicted octanol–water partition coefficient (Wildman–Crippen LogP) is 3.41. The molecular weight excluding hydrogens is 294 g/mol. The minimum Gasteiger partial charge on any atom is -0.409 e. The fourth-order valence-corrected chi connectivity index (χ4v) is 2.02. The largest absolute Gasteiger partial charge is 0.409 e. The molecule has 0 aromatic heterocycles. The van der Waals surface area contributed by atoms with Crippen LogP contribution in [0.1, 0.15) is 26.7 Å². The van der Waals surface area contributed by atoms with Gasteiger partial charge in [0.05, 0.1) is 0 Å². The van der Waals surface area contributed by atoms with Crippen LogP contribution in [0.2, 0.25) is 0 Å². The van der Waals surface area contributed by atoms with Gasteiger partial charge in [-0.05, 0) is 31.0 Å². The second-order valence-electron chi connectivity index (χ2n) is 4.91. The van der Waals surface area contributed by atoms with Gasteiger partial charge in [0.25, 0.3) is 0 Å². The Morgan fingerprint density at radius 1 is 1.50 bits per heavy atom. The summed E-state index contributed by atoms with van der Waals surface area (Å²) in [7, 11) is 0. The highest BCUT2D eigenvalue weighted by Gasteiger charge is 2.22. The zero-order valence-electron chi connectivity index (χ0n) is 10.8. The van der Waals surface area contributed by atoms with Crippen molar-refractivity contribution in [1.82, 2.24) is 0 Å². The van der Waals surface area contributed by atoms with Crippen LogP contribution in [-0.4, -0.2) is 17.6 Å². The first-order valence-electron chi connectivity index (χ1n) is 5.93. The van der Waals surface area contributed by atoms with Gasteiger partial charge in [-0.2, -0.15) is 0 Å². The number of oxime groups is 1. The van der Waals surface area contributed by atoms with E-state index in [1.807, 2.05) is 38.1 Å². The quantitative estimate of drug-likeness (QED) is 0.248. The van der Waals surface area contributed by atoms with Gasteiger partial charge in [-0.25, -0.2) is 0 Å². The second kappa shape index (κ2) is 6.64. The van der Waals surface area contributed by atoms with Crippen LogP contribution in [0.3, 0.4) is 0 Å². The molecule has 0 aliphatic heterocycles. The van der Waals surface area contributed by atoms with Crippen molar-refractivity contribution in [1.29, 1.82) is 0 Å². The molecule has 5 heteroatoms. The van der Waals surface area contributed by atoms with Gasteiger partial charge in [0, 0.05) is 22.1 Å². The fourth-order valence-electron chi connectivity index (χ4n) is 1.62. The average molecular weight is 314 g/mol. The number of nitrogens with one attached hydrogen (secondary N) is 1. The van der Waals surface area contributed by atoms with Crippen molar-refractivity contribution in [2.45, 2.75) is 26.7 Å². The molecule has 0 spiro atoms. The van der Waals surface area contributed by atoms with Crippen molar-refractivity contribution >= 4 is 27.5 Å². The summed E-state index contributed by atoms with van der Waals surface area (Å²) in [5.74, 6) is 0.282. The summed E-state index contributed by atoms with van der Waals surface area (Å²) >= 11 is 3.43. The summed E-state index contributed by atoms with van der Waals surface area (Å²) in [6.45, 7) is 4.81. The summed E-state index contributed by atoms with van der Waals surface area (Å²) in [6.07, 6.45) is 1.82. The molecule has 0 unspecified atom stereocenters. The van der Waals surface area contributed by atoms with Gasteiger partial charge >= 0.3 is 0 Å². The Labute approximate surface area is 116 Å². The third-order valence-electron chi connectivity index (χ3n) is 2.93. The number of rotatable bonds is 6. The lowest BCUT2D eigenvalue weighted by atomic mass is 9.86. The molecule has 0 amide bonds. The van der Waals surface area contributed by atoms with Crippen LogP contribution in [0.5, 0.6) is 0 Å². The molecule has 1 rings (SSSR count). The topological polar surface area (TPSA) is 70.6 Å². The molecule has 0 bridgehead atoms. The van der Waals surface area contributed by atoms with Gasteiger partial charge in [0.2, 0.25) is 0 Å². The van der Waals surface area contributed by atoms with Crippen molar-refractivity contribution < 1.29 is 5.21 Å². The zero-order chi connectivity index (χ0) is 13.6. The first-order valence-corrected chi connectivity index (χ1v) is 6.72. The van der Waals surface area contributed by atoms with Crippen LogP contribution in [0.15, 0.2) is 33.9 Å². The fraction of sp³-hybridized carbons (Fsp3) is 0.462. The first-order chi connectivity index (χ1) is 8.45. The van der Waals surface area contributed by atoms with Crippen LogP contribution in [0.25, 0.3) is 0 Å². The number of nitrogens with two attached hydrogens (primary N) is 1. The number of hydrogen-bond donors (Lipinski definition) is 3. The molecule has 1 aromatic carbocycles. The third-order valence-corrected chi connectivity index (χ3v) is 3.43. The Morgan fingerprint density at radius 3 is 2.83 bits per heavy atom. The van der Waals surface area contributed by atoms with E-state index >= 15 is 0 Å². The number of nitrogens with zero attached hydrogens (tertiary/aromatic N) is 1. The van der Waals surface area contributed by atoms with Crippen LogP contribution < -0.4 is 11.1 Å². The molecule has 0 radical (unpaired) electrons. The Morgan fingerprint density at radius 2 is 2.22 bits per heavy atom. The zero-order valence-corrected chi connectivity index (χ0v) is 12.4. The number of benzene rings is 1. The van der Waals surface area contributed by atoms with Crippen LogP contribution in [0.4, 0.5) is 5.69 Å². The summed E-state index contributed by atoms with van der Waals surface area (Å²) < 4.78 is 1.06. The lowest BCUT2D eigenvalue weighted by Gasteiger charge is -2.22. The minimum absolute atomic E-state index is 0.270. The second-order valence-corrected chi connectivity index (χ2v) is 5.83. The Hall–Kier alpha value is -1.23. The van der Waals surface area contributed by atoms with E-state index in [1.54, 1.807) is 0 Å². The Balaban J connectivity index is 2.35. The van der Waals surface area contributed by atoms with Gasteiger partial charge < -0.3 is 16.3 Å². The monoisotopic (exact) mass is 313 g/mol. The molecule has 0 aliphatic carbocycles. The lowest BCUT2D eigenvalue weighted by molar-refractivity contribution is 0.305. The average Bonchev–Trinajstić information content (AvgIpc) is 2.33. The summed E-state index contributed by atoms with van der Waals surface area (Å²) in [6, 6.07) is 8.05. The molecule has 4 N–H and O–H groups in total. The molecule has 0 atom stereocenters. The van der Waals surface area contributed by atoms with Crippen molar-refractivity contribution in [3.63, 3.8) is 0 Å². The van der Waals surface area contributed by atoms with E-state index < -0.39 is 0 Å². The molecule has 4 nitrogen and oxygen atoms in total. The maximum Gasteiger partial charge on any atom is 0.144 e. The molecular formula is C13H20BrN3O. The number of hydrogen-bond acceptors (Lipinski definition) is 3. The minimum atomic E-state index is -0.270. The lowest BCUT2D eigenvalue weighted by Crippen LogP contribution is -2.32. The number of anilines is 1. The van der Waals surface area contributed by atoms with E-state index in [9.17, 15) is 0 Å². The SMILES string of the molecule is CC(C)(CCCNc1cccc(Br)c1)C(N)=NO. The number of amidine groups is 1. The predicted molar refractivity (Wildman–Crippen MR) is 79.1 cm³/mol. The van der Waals surface area contributed by atoms with Crippen molar-refractivity contribution in [3.05, 3.63) is 28.7 Å². The van der Waals surface area contributed by atoms with E-state index in [0.29, 0.717) is 0 Å². The standard InChI is InChI=1S/C13H20BrN3O/c1-13(2,12(15)17-18)7-4-8-16-11-6-3-5-10(14)9-11/h3,5-6,9,16,18H,4,7-8H2,1-2H3,(H2,15,17). The van der Waals surface area contributed by atoms with Crippen molar-refractivity contribution in [2.75, 3.05) is 11.9 Å². The van der Waals surface area contributed by atoms with Gasteiger partial charge in [0.1, 0.15) is 5.84 Å². The Kier molecular flexibility index (Phi) is 5.47. The molecule has 0 aliphatic rings. The first kappa shape index (κ1) is 14.8. The maximum absolute atomic E-state index is 8.68. The Bertz CT molecular complexity index is 418. The van der Waals surface area contributed by atoms with E-state index in [-0.39, 0.29) is 11.3 Å². The van der Waals surface area contributed by atoms with Crippen LogP contribution in [0, 0.1) is 5.41 Å². The van der Waals surface area contributed by atoms with Gasteiger partial charge in [-0.3, -0.25) is 0 Å². The molecule has 0 saturated carbocycles.